The zero-order valence-electron chi connectivity index (χ0n) is 18.0. The lowest BCUT2D eigenvalue weighted by atomic mass is 9.97. The van der Waals surface area contributed by atoms with E-state index in [0.717, 1.165) is 16.7 Å². The summed E-state index contributed by atoms with van der Waals surface area (Å²) < 4.78 is 43.6. The summed E-state index contributed by atoms with van der Waals surface area (Å²) in [6.45, 7) is 3.86. The average Bonchev–Trinajstić information content (AvgIpc) is 2.81. The number of rotatable bonds is 5. The van der Waals surface area contributed by atoms with E-state index in [4.69, 9.17) is 0 Å². The van der Waals surface area contributed by atoms with E-state index < -0.39 is 11.6 Å². The van der Waals surface area contributed by atoms with Crippen LogP contribution in [-0.4, -0.2) is 0 Å². The highest BCUT2D eigenvalue weighted by Gasteiger charge is 2.15. The van der Waals surface area contributed by atoms with Crippen molar-refractivity contribution in [2.24, 2.45) is 0 Å². The molecule has 0 saturated heterocycles. The maximum absolute atomic E-state index is 14.9. The fraction of sp³-hybridized carbons (Fsp3) is 0.103. The van der Waals surface area contributed by atoms with Crippen molar-refractivity contribution in [1.29, 1.82) is 0 Å². The molecule has 0 aliphatic carbocycles. The molecule has 0 aromatic heterocycles. The van der Waals surface area contributed by atoms with Gasteiger partial charge in [0.05, 0.1) is 0 Å². The number of hydrogen-bond acceptors (Lipinski definition) is 0. The van der Waals surface area contributed by atoms with E-state index in [9.17, 15) is 13.2 Å². The molecule has 0 amide bonds. The zero-order chi connectivity index (χ0) is 22.7. The molecule has 0 saturated carbocycles. The quantitative estimate of drug-likeness (QED) is 0.280. The highest BCUT2D eigenvalue weighted by Crippen LogP contribution is 2.32. The van der Waals surface area contributed by atoms with Crippen molar-refractivity contribution in [1.82, 2.24) is 0 Å². The number of benzene rings is 4. The van der Waals surface area contributed by atoms with Crippen LogP contribution in [0.15, 0.2) is 78.9 Å². The van der Waals surface area contributed by atoms with Crippen LogP contribution >= 0.6 is 0 Å². The van der Waals surface area contributed by atoms with E-state index in [0.29, 0.717) is 23.1 Å². The van der Waals surface area contributed by atoms with Crippen LogP contribution in [0.25, 0.3) is 34.4 Å². The minimum atomic E-state index is -0.863. The fourth-order valence-electron chi connectivity index (χ4n) is 3.65. The summed E-state index contributed by atoms with van der Waals surface area (Å²) in [6.07, 6.45) is 4.34. The smallest absolute Gasteiger partial charge is 0.167 e. The third-order valence-corrected chi connectivity index (χ3v) is 5.59. The second kappa shape index (κ2) is 9.27. The van der Waals surface area contributed by atoms with Crippen LogP contribution in [0.3, 0.4) is 0 Å². The van der Waals surface area contributed by atoms with E-state index in [1.807, 2.05) is 56.3 Å². The first-order valence-electron chi connectivity index (χ1n) is 10.6. The normalized spacial score (nSPS) is 11.3. The van der Waals surface area contributed by atoms with Crippen LogP contribution in [0.5, 0.6) is 0 Å². The predicted molar refractivity (Wildman–Crippen MR) is 127 cm³/mol. The summed E-state index contributed by atoms with van der Waals surface area (Å²) in [6, 6.07) is 22.9. The molecule has 0 N–H and O–H groups in total. The Morgan fingerprint density at radius 3 is 1.66 bits per heavy atom. The maximum atomic E-state index is 14.9. The fourth-order valence-corrected chi connectivity index (χ4v) is 3.65. The Kier molecular flexibility index (Phi) is 6.27. The van der Waals surface area contributed by atoms with Crippen molar-refractivity contribution < 1.29 is 13.2 Å². The molecule has 0 bridgehead atoms. The van der Waals surface area contributed by atoms with Gasteiger partial charge in [0.1, 0.15) is 5.82 Å². The summed E-state index contributed by atoms with van der Waals surface area (Å²) in [5.74, 6) is -1.93. The van der Waals surface area contributed by atoms with Gasteiger partial charge in [0.15, 0.2) is 11.6 Å². The van der Waals surface area contributed by atoms with Crippen molar-refractivity contribution in [2.45, 2.75) is 20.3 Å². The van der Waals surface area contributed by atoms with Gasteiger partial charge in [-0.05, 0) is 47.2 Å². The van der Waals surface area contributed by atoms with Crippen LogP contribution in [0.1, 0.15) is 29.2 Å². The van der Waals surface area contributed by atoms with Gasteiger partial charge in [-0.15, -0.1) is 0 Å². The van der Waals surface area contributed by atoms with Gasteiger partial charge < -0.3 is 0 Å². The highest BCUT2D eigenvalue weighted by atomic mass is 19.2. The Balaban J connectivity index is 1.57. The summed E-state index contributed by atoms with van der Waals surface area (Å²) in [7, 11) is 0. The molecule has 4 rings (SSSR count). The molecule has 0 spiro atoms. The van der Waals surface area contributed by atoms with E-state index >= 15 is 0 Å². The van der Waals surface area contributed by atoms with Gasteiger partial charge in [-0.2, -0.15) is 0 Å². The molecule has 0 unspecified atom stereocenters. The number of aryl methyl sites for hydroxylation is 2. The Labute approximate surface area is 186 Å². The molecule has 4 aromatic rings. The topological polar surface area (TPSA) is 0 Å². The molecule has 4 aromatic carbocycles. The van der Waals surface area contributed by atoms with Gasteiger partial charge in [0.25, 0.3) is 0 Å². The first-order chi connectivity index (χ1) is 15.5. The summed E-state index contributed by atoms with van der Waals surface area (Å²) >= 11 is 0. The predicted octanol–water partition coefficient (Wildman–Crippen LogP) is 8.48. The first-order valence-corrected chi connectivity index (χ1v) is 10.6. The van der Waals surface area contributed by atoms with Crippen molar-refractivity contribution in [3.8, 4) is 22.3 Å². The van der Waals surface area contributed by atoms with Crippen LogP contribution in [0.4, 0.5) is 13.2 Å². The van der Waals surface area contributed by atoms with Gasteiger partial charge in [0.2, 0.25) is 0 Å². The monoisotopic (exact) mass is 428 g/mol. The second-order valence-electron chi connectivity index (χ2n) is 7.81. The van der Waals surface area contributed by atoms with Crippen LogP contribution in [0.2, 0.25) is 0 Å². The third kappa shape index (κ3) is 4.52. The van der Waals surface area contributed by atoms with Crippen molar-refractivity contribution in [2.75, 3.05) is 0 Å². The largest absolute Gasteiger partial charge is 0.207 e. The molecule has 0 nitrogen and oxygen atoms in total. The minimum Gasteiger partial charge on any atom is -0.207 e. The van der Waals surface area contributed by atoms with Crippen molar-refractivity contribution in [3.05, 3.63) is 119 Å². The van der Waals surface area contributed by atoms with Crippen LogP contribution in [-0.2, 0) is 6.42 Å². The van der Waals surface area contributed by atoms with E-state index in [1.54, 1.807) is 42.5 Å². The molecule has 32 heavy (non-hydrogen) atoms. The summed E-state index contributed by atoms with van der Waals surface area (Å²) in [5.41, 5.74) is 5.08. The minimum absolute atomic E-state index is 0.211. The van der Waals surface area contributed by atoms with Crippen molar-refractivity contribution in [3.63, 3.8) is 0 Å². The number of halogens is 3. The number of hydrogen-bond donors (Lipinski definition) is 0. The Morgan fingerprint density at radius 1 is 0.625 bits per heavy atom. The van der Waals surface area contributed by atoms with Crippen LogP contribution < -0.4 is 0 Å². The molecule has 0 atom stereocenters. The maximum Gasteiger partial charge on any atom is 0.167 e. The molecule has 0 aliphatic heterocycles. The summed E-state index contributed by atoms with van der Waals surface area (Å²) in [5, 5.41) is 0. The zero-order valence-corrected chi connectivity index (χ0v) is 18.0. The van der Waals surface area contributed by atoms with E-state index in [-0.39, 0.29) is 16.9 Å². The molecule has 160 valence electrons. The SMILES string of the molecule is CCc1ccc(/C=C/c2ccc(-c3ccc(-c4ccc(C)cc4)c(F)c3F)cc2)cc1F. The Morgan fingerprint density at radius 2 is 1.12 bits per heavy atom. The molecule has 0 radical (unpaired) electrons. The lowest BCUT2D eigenvalue weighted by Crippen LogP contribution is -1.94. The highest BCUT2D eigenvalue weighted by molar-refractivity contribution is 5.74. The standard InChI is InChI=1S/C29H23F3/c1-3-22-13-10-21(18-27(22)30)7-6-20-8-14-24(15-9-20)26-17-16-25(28(31)29(26)32)23-11-4-19(2)5-12-23/h4-18H,3H2,1-2H3/b7-6+. The Bertz CT molecular complexity index is 1270. The van der Waals surface area contributed by atoms with Gasteiger partial charge in [-0.3, -0.25) is 0 Å². The molecule has 0 fully saturated rings. The Hall–Kier alpha value is -3.59. The molecular weight excluding hydrogens is 405 g/mol. The molecular formula is C29H23F3. The molecule has 0 heterocycles. The van der Waals surface area contributed by atoms with Gasteiger partial charge >= 0.3 is 0 Å². The summed E-state index contributed by atoms with van der Waals surface area (Å²) in [4.78, 5) is 0. The average molecular weight is 428 g/mol. The first kappa shape index (κ1) is 21.6. The van der Waals surface area contributed by atoms with Crippen molar-refractivity contribution >= 4 is 12.2 Å². The lowest BCUT2D eigenvalue weighted by Gasteiger charge is -2.10. The van der Waals surface area contributed by atoms with Gasteiger partial charge in [-0.25, -0.2) is 13.2 Å². The van der Waals surface area contributed by atoms with E-state index in [1.165, 1.54) is 6.07 Å². The molecule has 0 aliphatic rings. The lowest BCUT2D eigenvalue weighted by molar-refractivity contribution is 0.514. The van der Waals surface area contributed by atoms with E-state index in [2.05, 4.69) is 0 Å². The molecule has 3 heteroatoms. The van der Waals surface area contributed by atoms with Gasteiger partial charge in [0, 0.05) is 11.1 Å². The third-order valence-electron chi connectivity index (χ3n) is 5.59. The second-order valence-corrected chi connectivity index (χ2v) is 7.81. The van der Waals surface area contributed by atoms with Crippen LogP contribution in [0, 0.1) is 24.4 Å². The van der Waals surface area contributed by atoms with Gasteiger partial charge in [-0.1, -0.05) is 97.4 Å².